The number of carbonyl (C=O) groups is 2. The Morgan fingerprint density at radius 1 is 1.15 bits per heavy atom. The van der Waals surface area contributed by atoms with Crippen molar-refractivity contribution in [3.05, 3.63) is 53.1 Å². The number of nitrogens with zero attached hydrogens (tertiary/aromatic N) is 1. The molecule has 0 saturated carbocycles. The number of hydrogen-bond acceptors (Lipinski definition) is 6. The Morgan fingerprint density at radius 3 is 2.31 bits per heavy atom. The zero-order valence-corrected chi connectivity index (χ0v) is 15.5. The second-order valence-corrected chi connectivity index (χ2v) is 6.34. The predicted molar refractivity (Wildman–Crippen MR) is 99.3 cm³/mol. The van der Waals surface area contributed by atoms with Gasteiger partial charge in [-0.3, -0.25) is 4.79 Å². The first-order valence-electron chi connectivity index (χ1n) is 7.72. The molecule has 0 aromatic heterocycles. The molecule has 0 aliphatic carbocycles. The van der Waals surface area contributed by atoms with E-state index in [1.165, 1.54) is 7.11 Å². The van der Waals surface area contributed by atoms with E-state index in [1.807, 2.05) is 31.4 Å². The normalized spacial score (nSPS) is 9.92. The summed E-state index contributed by atoms with van der Waals surface area (Å²) in [5.74, 6) is -0.390. The molecule has 0 atom stereocenters. The lowest BCUT2D eigenvalue weighted by atomic mass is 10.1. The van der Waals surface area contributed by atoms with Crippen LogP contribution in [0.2, 0.25) is 0 Å². The lowest BCUT2D eigenvalue weighted by Gasteiger charge is -2.13. The lowest BCUT2D eigenvalue weighted by molar-refractivity contribution is -0.119. The van der Waals surface area contributed by atoms with Crippen molar-refractivity contribution in [3.8, 4) is 11.2 Å². The zero-order chi connectivity index (χ0) is 19.1. The molecule has 0 unspecified atom stereocenters. The molecular formula is C19H18N2O4S. The summed E-state index contributed by atoms with van der Waals surface area (Å²) >= 11 is 1.06. The van der Waals surface area contributed by atoms with E-state index in [-0.39, 0.29) is 0 Å². The minimum atomic E-state index is -0.586. The third-order valence-corrected chi connectivity index (χ3v) is 4.16. The summed E-state index contributed by atoms with van der Waals surface area (Å²) in [7, 11) is 1.53. The van der Waals surface area contributed by atoms with E-state index in [0.717, 1.165) is 27.8 Å². The molecule has 2 aromatic rings. The largest absolute Gasteiger partial charge is 0.497 e. The maximum atomic E-state index is 12.1. The molecule has 2 aromatic carbocycles. The monoisotopic (exact) mass is 370 g/mol. The van der Waals surface area contributed by atoms with Gasteiger partial charge in [-0.1, -0.05) is 0 Å². The number of rotatable bonds is 6. The maximum Gasteiger partial charge on any atom is 0.338 e. The highest BCUT2D eigenvalue weighted by molar-refractivity contribution is 8.03. The van der Waals surface area contributed by atoms with Crippen LogP contribution in [0.1, 0.15) is 21.5 Å². The molecule has 0 spiro atoms. The van der Waals surface area contributed by atoms with Gasteiger partial charge >= 0.3 is 5.97 Å². The Kier molecular flexibility index (Phi) is 6.64. The number of esters is 1. The number of hydrogen-bond donors (Lipinski definition) is 1. The number of thioether (sulfide) groups is 1. The van der Waals surface area contributed by atoms with Crippen LogP contribution in [0.3, 0.4) is 0 Å². The van der Waals surface area contributed by atoms with E-state index in [9.17, 15) is 9.59 Å². The summed E-state index contributed by atoms with van der Waals surface area (Å²) in [4.78, 5) is 24.9. The van der Waals surface area contributed by atoms with Crippen LogP contribution in [0.15, 0.2) is 41.3 Å². The molecule has 0 radical (unpaired) electrons. The van der Waals surface area contributed by atoms with E-state index >= 15 is 0 Å². The van der Waals surface area contributed by atoms with Crippen LogP contribution in [0.5, 0.6) is 5.75 Å². The van der Waals surface area contributed by atoms with Crippen molar-refractivity contribution in [1.82, 2.24) is 0 Å². The summed E-state index contributed by atoms with van der Waals surface area (Å²) in [6.07, 6.45) is 0. The predicted octanol–water partition coefficient (Wildman–Crippen LogP) is 3.68. The average molecular weight is 370 g/mol. The zero-order valence-electron chi connectivity index (χ0n) is 14.7. The van der Waals surface area contributed by atoms with Crippen molar-refractivity contribution in [2.24, 2.45) is 0 Å². The molecule has 0 fully saturated rings. The van der Waals surface area contributed by atoms with Crippen molar-refractivity contribution in [2.45, 2.75) is 18.7 Å². The van der Waals surface area contributed by atoms with E-state index < -0.39 is 18.5 Å². The number of amides is 1. The quantitative estimate of drug-likeness (QED) is 0.474. The Hall–Kier alpha value is -2.98. The fraction of sp³-hybridized carbons (Fsp3) is 0.211. The molecule has 134 valence electrons. The van der Waals surface area contributed by atoms with Crippen LogP contribution in [0, 0.1) is 24.5 Å². The molecule has 0 bridgehead atoms. The second-order valence-electron chi connectivity index (χ2n) is 5.48. The minimum absolute atomic E-state index is 0.337. The standard InChI is InChI=1S/C19H18N2O4S/c1-12-8-16(26-11-20)9-13(2)18(12)21-17(22)10-25-19(23)14-4-6-15(24-3)7-5-14/h4-9H,10H2,1-3H3,(H,21,22). The maximum absolute atomic E-state index is 12.1. The van der Waals surface area contributed by atoms with E-state index in [2.05, 4.69) is 5.32 Å². The van der Waals surface area contributed by atoms with Gasteiger partial charge < -0.3 is 14.8 Å². The number of benzene rings is 2. The first-order chi connectivity index (χ1) is 12.4. The fourth-order valence-corrected chi connectivity index (χ4v) is 2.93. The number of aryl methyl sites for hydroxylation is 2. The molecule has 7 heteroatoms. The third-order valence-electron chi connectivity index (χ3n) is 3.59. The van der Waals surface area contributed by atoms with E-state index in [1.54, 1.807) is 24.3 Å². The highest BCUT2D eigenvalue weighted by atomic mass is 32.2. The molecule has 1 N–H and O–H groups in total. The smallest absolute Gasteiger partial charge is 0.338 e. The fourth-order valence-electron chi connectivity index (χ4n) is 2.35. The SMILES string of the molecule is COc1ccc(C(=O)OCC(=O)Nc2c(C)cc(SC#N)cc2C)cc1. The van der Waals surface area contributed by atoms with Gasteiger partial charge in [0.1, 0.15) is 11.2 Å². The molecular weight excluding hydrogens is 352 g/mol. The van der Waals surface area contributed by atoms with Crippen LogP contribution in [0.25, 0.3) is 0 Å². The Morgan fingerprint density at radius 2 is 1.77 bits per heavy atom. The number of ether oxygens (including phenoxy) is 2. The van der Waals surface area contributed by atoms with Gasteiger partial charge in [-0.2, -0.15) is 5.26 Å². The van der Waals surface area contributed by atoms with Crippen LogP contribution in [0.4, 0.5) is 5.69 Å². The summed E-state index contributed by atoms with van der Waals surface area (Å²) in [6, 6.07) is 10.1. The highest BCUT2D eigenvalue weighted by Crippen LogP contribution is 2.27. The van der Waals surface area contributed by atoms with Crippen molar-refractivity contribution in [1.29, 1.82) is 5.26 Å². The highest BCUT2D eigenvalue weighted by Gasteiger charge is 2.13. The summed E-state index contributed by atoms with van der Waals surface area (Å²) < 4.78 is 10.1. The van der Waals surface area contributed by atoms with Crippen LogP contribution in [-0.2, 0) is 9.53 Å². The van der Waals surface area contributed by atoms with Crippen molar-refractivity contribution >= 4 is 29.3 Å². The minimum Gasteiger partial charge on any atom is -0.497 e. The van der Waals surface area contributed by atoms with Crippen molar-refractivity contribution < 1.29 is 19.1 Å². The van der Waals surface area contributed by atoms with Crippen LogP contribution < -0.4 is 10.1 Å². The van der Waals surface area contributed by atoms with Gasteiger partial charge in [0.05, 0.1) is 12.7 Å². The second kappa shape index (κ2) is 8.92. The Balaban J connectivity index is 1.96. The molecule has 0 heterocycles. The summed E-state index contributed by atoms with van der Waals surface area (Å²) in [5, 5.41) is 13.5. The van der Waals surface area contributed by atoms with Gasteiger partial charge in [0, 0.05) is 10.6 Å². The van der Waals surface area contributed by atoms with Gasteiger partial charge in [0.25, 0.3) is 5.91 Å². The average Bonchev–Trinajstić information content (AvgIpc) is 2.63. The van der Waals surface area contributed by atoms with Gasteiger partial charge in [0.2, 0.25) is 0 Å². The number of anilines is 1. The first kappa shape index (κ1) is 19.3. The molecule has 6 nitrogen and oxygen atoms in total. The van der Waals surface area contributed by atoms with Crippen molar-refractivity contribution in [3.63, 3.8) is 0 Å². The van der Waals surface area contributed by atoms with Gasteiger partial charge in [0.15, 0.2) is 6.61 Å². The number of methoxy groups -OCH3 is 1. The summed E-state index contributed by atoms with van der Waals surface area (Å²) in [6.45, 7) is 3.29. The molecule has 0 aliphatic rings. The van der Waals surface area contributed by atoms with Gasteiger partial charge in [-0.25, -0.2) is 4.79 Å². The molecule has 1 amide bonds. The number of thiocyanates is 1. The number of carbonyl (C=O) groups excluding carboxylic acids is 2. The topological polar surface area (TPSA) is 88.4 Å². The third kappa shape index (κ3) is 5.01. The lowest BCUT2D eigenvalue weighted by Crippen LogP contribution is -2.21. The van der Waals surface area contributed by atoms with Crippen LogP contribution in [-0.4, -0.2) is 25.6 Å². The number of nitrogens with one attached hydrogen (secondary N) is 1. The Bertz CT molecular complexity index is 834. The van der Waals surface area contributed by atoms with Gasteiger partial charge in [-0.15, -0.1) is 0 Å². The van der Waals surface area contributed by atoms with Gasteiger partial charge in [-0.05, 0) is 73.1 Å². The molecule has 0 aliphatic heterocycles. The van der Waals surface area contributed by atoms with E-state index in [0.29, 0.717) is 17.0 Å². The van der Waals surface area contributed by atoms with E-state index in [4.69, 9.17) is 14.7 Å². The molecule has 0 saturated heterocycles. The van der Waals surface area contributed by atoms with Crippen molar-refractivity contribution in [2.75, 3.05) is 19.0 Å². The molecule has 26 heavy (non-hydrogen) atoms. The number of nitriles is 1. The van der Waals surface area contributed by atoms with Crippen LogP contribution >= 0.6 is 11.8 Å². The Labute approximate surface area is 156 Å². The molecule has 2 rings (SSSR count). The first-order valence-corrected chi connectivity index (χ1v) is 8.54. The summed E-state index contributed by atoms with van der Waals surface area (Å²) in [5.41, 5.74) is 2.65.